The van der Waals surface area contributed by atoms with Gasteiger partial charge >= 0.3 is 6.18 Å². The van der Waals surface area contributed by atoms with Crippen LogP contribution in [0.1, 0.15) is 29.0 Å². The largest absolute Gasteiger partial charge is 0.418 e. The minimum Gasteiger partial charge on any atom is -0.371 e. The number of para-hydroxylation sites is 1. The molecule has 3 heterocycles. The van der Waals surface area contributed by atoms with Crippen molar-refractivity contribution in [3.8, 4) is 0 Å². The number of hydrogen-bond donors (Lipinski definition) is 2. The van der Waals surface area contributed by atoms with Crippen molar-refractivity contribution in [3.05, 3.63) is 53.1 Å². The molecular weight excluding hydrogens is 351 g/mol. The molecule has 0 aromatic heterocycles. The topological polar surface area (TPSA) is 27.3 Å². The van der Waals surface area contributed by atoms with Crippen molar-refractivity contribution >= 4 is 17.1 Å². The highest BCUT2D eigenvalue weighted by Gasteiger charge is 2.39. The van der Waals surface area contributed by atoms with Crippen molar-refractivity contribution in [2.45, 2.75) is 24.9 Å². The monoisotopic (exact) mass is 373 g/mol. The molecule has 27 heavy (non-hydrogen) atoms. The van der Waals surface area contributed by atoms with Gasteiger partial charge in [0.15, 0.2) is 0 Å². The molecule has 3 nitrogen and oxygen atoms in total. The van der Waals surface area contributed by atoms with E-state index in [0.717, 1.165) is 50.8 Å². The predicted molar refractivity (Wildman–Crippen MR) is 101 cm³/mol. The Balaban J connectivity index is 1.57. The van der Waals surface area contributed by atoms with Crippen molar-refractivity contribution in [2.75, 3.05) is 36.4 Å². The molecule has 2 aromatic rings. The van der Waals surface area contributed by atoms with Crippen molar-refractivity contribution in [2.24, 2.45) is 5.92 Å². The van der Waals surface area contributed by atoms with Gasteiger partial charge in [-0.25, -0.2) is 0 Å². The van der Waals surface area contributed by atoms with Crippen molar-refractivity contribution < 1.29 is 13.2 Å². The van der Waals surface area contributed by atoms with Crippen LogP contribution in [0.25, 0.3) is 0 Å². The molecular formula is C21H22F3N3. The lowest BCUT2D eigenvalue weighted by molar-refractivity contribution is -0.136. The summed E-state index contributed by atoms with van der Waals surface area (Å²) in [5, 5.41) is 6.56. The molecule has 0 amide bonds. The summed E-state index contributed by atoms with van der Waals surface area (Å²) in [5.41, 5.74) is 4.13. The van der Waals surface area contributed by atoms with Crippen LogP contribution in [0.3, 0.4) is 0 Å². The quantitative estimate of drug-likeness (QED) is 0.811. The summed E-state index contributed by atoms with van der Waals surface area (Å²) in [4.78, 5) is 2.48. The van der Waals surface area contributed by atoms with Gasteiger partial charge in [-0.3, -0.25) is 0 Å². The third-order valence-corrected chi connectivity index (χ3v) is 6.11. The molecule has 2 N–H and O–H groups in total. The average molecular weight is 373 g/mol. The fourth-order valence-electron chi connectivity index (χ4n) is 4.97. The first-order valence-corrected chi connectivity index (χ1v) is 9.56. The van der Waals surface area contributed by atoms with E-state index in [-0.39, 0.29) is 5.69 Å². The second kappa shape index (κ2) is 6.16. The van der Waals surface area contributed by atoms with Crippen molar-refractivity contribution in [3.63, 3.8) is 0 Å². The number of alkyl halides is 3. The van der Waals surface area contributed by atoms with Gasteiger partial charge in [0.1, 0.15) is 0 Å². The van der Waals surface area contributed by atoms with E-state index in [0.29, 0.717) is 11.8 Å². The molecule has 2 aromatic carbocycles. The Morgan fingerprint density at radius 3 is 2.81 bits per heavy atom. The third-order valence-electron chi connectivity index (χ3n) is 6.11. The maximum atomic E-state index is 13.4. The summed E-state index contributed by atoms with van der Waals surface area (Å²) in [6.45, 7) is 4.13. The van der Waals surface area contributed by atoms with E-state index >= 15 is 0 Å². The lowest BCUT2D eigenvalue weighted by Crippen LogP contribution is -2.41. The van der Waals surface area contributed by atoms with Crippen LogP contribution in [-0.4, -0.2) is 26.2 Å². The van der Waals surface area contributed by atoms with Crippen LogP contribution in [0.15, 0.2) is 36.4 Å². The average Bonchev–Trinajstić information content (AvgIpc) is 3.10. The number of anilines is 3. The molecule has 3 aliphatic rings. The van der Waals surface area contributed by atoms with Crippen LogP contribution in [0, 0.1) is 5.92 Å². The molecule has 6 heteroatoms. The zero-order valence-electron chi connectivity index (χ0n) is 14.9. The van der Waals surface area contributed by atoms with Gasteiger partial charge in [0.2, 0.25) is 0 Å². The normalized spacial score (nSPS) is 23.7. The Bertz CT molecular complexity index is 877. The van der Waals surface area contributed by atoms with Crippen molar-refractivity contribution in [1.82, 2.24) is 5.32 Å². The van der Waals surface area contributed by atoms with E-state index in [2.05, 4.69) is 21.6 Å². The van der Waals surface area contributed by atoms with E-state index in [1.54, 1.807) is 6.07 Å². The van der Waals surface area contributed by atoms with E-state index in [4.69, 9.17) is 0 Å². The molecule has 1 saturated heterocycles. The van der Waals surface area contributed by atoms with Gasteiger partial charge in [-0.15, -0.1) is 0 Å². The second-order valence-corrected chi connectivity index (χ2v) is 7.82. The summed E-state index contributed by atoms with van der Waals surface area (Å²) in [7, 11) is 0. The lowest BCUT2D eigenvalue weighted by atomic mass is 9.80. The molecule has 1 fully saturated rings. The van der Waals surface area contributed by atoms with Gasteiger partial charge in [-0.05, 0) is 54.2 Å². The van der Waals surface area contributed by atoms with Crippen LogP contribution >= 0.6 is 0 Å². The first-order chi connectivity index (χ1) is 13.0. The van der Waals surface area contributed by atoms with Crippen LogP contribution < -0.4 is 15.5 Å². The van der Waals surface area contributed by atoms with Crippen molar-refractivity contribution in [1.29, 1.82) is 0 Å². The highest BCUT2D eigenvalue weighted by molar-refractivity contribution is 5.73. The third kappa shape index (κ3) is 2.87. The first-order valence-electron chi connectivity index (χ1n) is 9.56. The van der Waals surface area contributed by atoms with E-state index in [1.165, 1.54) is 28.9 Å². The van der Waals surface area contributed by atoms with E-state index in [9.17, 15) is 13.2 Å². The van der Waals surface area contributed by atoms with Crippen LogP contribution in [0.4, 0.5) is 30.2 Å². The molecule has 2 atom stereocenters. The van der Waals surface area contributed by atoms with Gasteiger partial charge in [-0.1, -0.05) is 12.1 Å². The van der Waals surface area contributed by atoms with E-state index in [1.807, 2.05) is 6.07 Å². The summed E-state index contributed by atoms with van der Waals surface area (Å²) < 4.78 is 40.1. The highest BCUT2D eigenvalue weighted by atomic mass is 19.4. The van der Waals surface area contributed by atoms with Crippen LogP contribution in [0.5, 0.6) is 0 Å². The molecule has 0 bridgehead atoms. The summed E-state index contributed by atoms with van der Waals surface area (Å²) in [6, 6.07) is 9.81. The first kappa shape index (κ1) is 16.9. The molecule has 0 radical (unpaired) electrons. The maximum absolute atomic E-state index is 13.4. The Kier molecular flexibility index (Phi) is 3.86. The number of aryl methyl sites for hydroxylation is 1. The van der Waals surface area contributed by atoms with Gasteiger partial charge in [-0.2, -0.15) is 13.2 Å². The number of nitrogens with one attached hydrogen (secondary N) is 2. The molecule has 0 spiro atoms. The Morgan fingerprint density at radius 1 is 1.11 bits per heavy atom. The zero-order valence-corrected chi connectivity index (χ0v) is 14.9. The number of halogens is 3. The summed E-state index contributed by atoms with van der Waals surface area (Å²) in [5.74, 6) is 1.04. The number of benzene rings is 2. The number of hydrogen-bond acceptors (Lipinski definition) is 3. The Morgan fingerprint density at radius 2 is 1.96 bits per heavy atom. The summed E-state index contributed by atoms with van der Waals surface area (Å²) in [6.07, 6.45) is -2.29. The Hall–Kier alpha value is -2.21. The standard InChI is InChI=1S/C21H22F3N3/c22-21(23,24)18-5-1-2-6-19(18)26-15-8-13-4-3-7-27-12-14-10-25-11-17(14)16(9-15)20(13)27/h1-2,5-6,8-9,14,17,25-26H,3-4,7,10-12H2/t14-,17-/m1/s1. The maximum Gasteiger partial charge on any atom is 0.418 e. The molecule has 0 unspecified atom stereocenters. The van der Waals surface area contributed by atoms with Gasteiger partial charge in [0.25, 0.3) is 0 Å². The fraction of sp³-hybridized carbons (Fsp3) is 0.429. The second-order valence-electron chi connectivity index (χ2n) is 7.82. The number of fused-ring (bicyclic) bond motifs is 2. The smallest absolute Gasteiger partial charge is 0.371 e. The van der Waals surface area contributed by atoms with Gasteiger partial charge in [0.05, 0.1) is 11.3 Å². The SMILES string of the molecule is FC(F)(F)c1ccccc1Nc1cc2c3c(c1)[C@@H]1CNC[C@@H]1CN3CCC2. The number of nitrogens with zero attached hydrogens (tertiary/aromatic N) is 1. The van der Waals surface area contributed by atoms with Gasteiger partial charge in [0, 0.05) is 43.5 Å². The van der Waals surface area contributed by atoms with Gasteiger partial charge < -0.3 is 15.5 Å². The summed E-state index contributed by atoms with van der Waals surface area (Å²) >= 11 is 0. The van der Waals surface area contributed by atoms with E-state index < -0.39 is 11.7 Å². The van der Waals surface area contributed by atoms with Crippen LogP contribution in [-0.2, 0) is 12.6 Å². The molecule has 0 saturated carbocycles. The molecule has 142 valence electrons. The molecule has 3 aliphatic heterocycles. The minimum atomic E-state index is -4.37. The lowest BCUT2D eigenvalue weighted by Gasteiger charge is -2.42. The fourth-order valence-corrected chi connectivity index (χ4v) is 4.97. The van der Waals surface area contributed by atoms with Crippen LogP contribution in [0.2, 0.25) is 0 Å². The Labute approximate surface area is 156 Å². The molecule has 5 rings (SSSR count). The minimum absolute atomic E-state index is 0.113. The molecule has 0 aliphatic carbocycles. The number of rotatable bonds is 2. The highest BCUT2D eigenvalue weighted by Crippen LogP contribution is 2.46. The predicted octanol–water partition coefficient (Wildman–Crippen LogP) is 4.52. The zero-order chi connectivity index (χ0) is 18.6.